The first-order chi connectivity index (χ1) is 13.2. The number of furan rings is 2. The Hall–Kier alpha value is -2.79. The van der Waals surface area contributed by atoms with Crippen LogP contribution in [0.1, 0.15) is 44.5 Å². The molecule has 0 aliphatic carbocycles. The molecule has 0 aliphatic heterocycles. The molecule has 0 saturated heterocycles. The summed E-state index contributed by atoms with van der Waals surface area (Å²) in [6, 6.07) is 16.1. The minimum atomic E-state index is 0.0197. The van der Waals surface area contributed by atoms with E-state index in [-0.39, 0.29) is 10.5 Å². The van der Waals surface area contributed by atoms with E-state index in [0.29, 0.717) is 0 Å². The van der Waals surface area contributed by atoms with Crippen molar-refractivity contribution in [2.45, 2.75) is 24.3 Å². The van der Waals surface area contributed by atoms with Crippen LogP contribution >= 0.6 is 11.8 Å². The number of hydrogen-bond acceptors (Lipinski definition) is 5. The second-order valence-electron chi connectivity index (χ2n) is 6.27. The second kappa shape index (κ2) is 7.84. The molecule has 0 fully saturated rings. The average molecular weight is 376 g/mol. The van der Waals surface area contributed by atoms with Crippen LogP contribution in [0.3, 0.4) is 0 Å². The van der Waals surface area contributed by atoms with Crippen molar-refractivity contribution in [3.8, 4) is 0 Å². The van der Waals surface area contributed by atoms with Gasteiger partial charge in [0.1, 0.15) is 11.5 Å². The van der Waals surface area contributed by atoms with E-state index in [1.54, 1.807) is 24.3 Å². The van der Waals surface area contributed by atoms with Gasteiger partial charge in [-0.05, 0) is 50.2 Å². The number of aromatic nitrogens is 2. The fourth-order valence-corrected chi connectivity index (χ4v) is 4.75. The Morgan fingerprint density at radius 2 is 1.19 bits per heavy atom. The van der Waals surface area contributed by atoms with Gasteiger partial charge in [0.2, 0.25) is 0 Å². The van der Waals surface area contributed by atoms with Crippen LogP contribution in [0.15, 0.2) is 82.3 Å². The minimum absolute atomic E-state index is 0.0197. The van der Waals surface area contributed by atoms with Crippen molar-refractivity contribution in [3.63, 3.8) is 0 Å². The highest BCUT2D eigenvalue weighted by Crippen LogP contribution is 2.48. The highest BCUT2D eigenvalue weighted by atomic mass is 32.2. The van der Waals surface area contributed by atoms with Gasteiger partial charge in [0.25, 0.3) is 0 Å². The van der Waals surface area contributed by atoms with E-state index in [1.165, 1.54) is 0 Å². The molecule has 27 heavy (non-hydrogen) atoms. The highest BCUT2D eigenvalue weighted by molar-refractivity contribution is 8.00. The fraction of sp³-hybridized carbons (Fsp3) is 0.182. The Kier molecular flexibility index (Phi) is 5.12. The molecule has 4 nitrogen and oxygen atoms in total. The lowest BCUT2D eigenvalue weighted by molar-refractivity contribution is 0.530. The summed E-state index contributed by atoms with van der Waals surface area (Å²) in [7, 11) is 0. The van der Waals surface area contributed by atoms with Crippen molar-refractivity contribution in [2.75, 3.05) is 0 Å². The summed E-state index contributed by atoms with van der Waals surface area (Å²) in [5.41, 5.74) is 4.24. The quantitative estimate of drug-likeness (QED) is 0.420. The molecular formula is C22H20N2O2S. The molecule has 4 rings (SSSR count). The number of nitrogens with zero attached hydrogens (tertiary/aromatic N) is 2. The van der Waals surface area contributed by atoms with Crippen LogP contribution in [0.25, 0.3) is 0 Å². The molecule has 0 N–H and O–H groups in total. The normalized spacial score (nSPS) is 13.4. The summed E-state index contributed by atoms with van der Waals surface area (Å²) >= 11 is 1.79. The molecule has 4 heterocycles. The van der Waals surface area contributed by atoms with Crippen LogP contribution in [-0.2, 0) is 0 Å². The monoisotopic (exact) mass is 376 g/mol. The van der Waals surface area contributed by atoms with Crippen LogP contribution < -0.4 is 0 Å². The van der Waals surface area contributed by atoms with E-state index in [1.807, 2.05) is 62.6 Å². The van der Waals surface area contributed by atoms with E-state index < -0.39 is 0 Å². The van der Waals surface area contributed by atoms with Crippen LogP contribution in [0.5, 0.6) is 0 Å². The van der Waals surface area contributed by atoms with Crippen LogP contribution in [0.2, 0.25) is 0 Å². The summed E-state index contributed by atoms with van der Waals surface area (Å²) in [6.45, 7) is 3.98. The zero-order chi connectivity index (χ0) is 18.6. The molecule has 4 aromatic heterocycles. The predicted octanol–water partition coefficient (Wildman–Crippen LogP) is 5.89. The highest BCUT2D eigenvalue weighted by Gasteiger charge is 2.28. The maximum absolute atomic E-state index is 5.59. The van der Waals surface area contributed by atoms with Gasteiger partial charge in [-0.2, -0.15) is 0 Å². The topological polar surface area (TPSA) is 52.1 Å². The lowest BCUT2D eigenvalue weighted by atomic mass is 10.1. The molecule has 136 valence electrons. The van der Waals surface area contributed by atoms with Crippen molar-refractivity contribution in [1.82, 2.24) is 9.97 Å². The van der Waals surface area contributed by atoms with E-state index in [0.717, 1.165) is 34.0 Å². The van der Waals surface area contributed by atoms with Crippen molar-refractivity contribution in [2.24, 2.45) is 0 Å². The van der Waals surface area contributed by atoms with E-state index in [9.17, 15) is 0 Å². The van der Waals surface area contributed by atoms with Gasteiger partial charge >= 0.3 is 0 Å². The zero-order valence-corrected chi connectivity index (χ0v) is 16.0. The second-order valence-corrected chi connectivity index (χ2v) is 7.48. The Morgan fingerprint density at radius 3 is 1.52 bits per heavy atom. The van der Waals surface area contributed by atoms with E-state index in [4.69, 9.17) is 8.83 Å². The predicted molar refractivity (Wildman–Crippen MR) is 107 cm³/mol. The molecule has 2 unspecified atom stereocenters. The molecule has 0 amide bonds. The first-order valence-corrected chi connectivity index (χ1v) is 9.73. The summed E-state index contributed by atoms with van der Waals surface area (Å²) in [5.74, 6) is 1.81. The van der Waals surface area contributed by atoms with Crippen molar-refractivity contribution in [3.05, 3.63) is 107 Å². The third-order valence-electron chi connectivity index (χ3n) is 4.55. The molecule has 0 bridgehead atoms. The lowest BCUT2D eigenvalue weighted by Crippen LogP contribution is -2.06. The van der Waals surface area contributed by atoms with Gasteiger partial charge in [-0.3, -0.25) is 9.97 Å². The molecule has 2 atom stereocenters. The van der Waals surface area contributed by atoms with Gasteiger partial charge in [0.05, 0.1) is 34.4 Å². The average Bonchev–Trinajstić information content (AvgIpc) is 3.32. The molecule has 0 spiro atoms. The van der Waals surface area contributed by atoms with Gasteiger partial charge in [-0.15, -0.1) is 11.8 Å². The standard InChI is InChI=1S/C22H20N2O2S/c1-15-17(9-13-25-15)21(19-7-3-5-11-23-19)27-22(18-10-14-26-16(18)2)20-8-4-6-12-24-20/h3-14,21-22H,1-2H3. The molecule has 4 aromatic rings. The number of rotatable bonds is 6. The summed E-state index contributed by atoms with van der Waals surface area (Å²) in [6.07, 6.45) is 7.13. The Bertz CT molecular complexity index is 914. The van der Waals surface area contributed by atoms with E-state index >= 15 is 0 Å². The van der Waals surface area contributed by atoms with Gasteiger partial charge < -0.3 is 8.83 Å². The van der Waals surface area contributed by atoms with Crippen LogP contribution in [0, 0.1) is 13.8 Å². The maximum Gasteiger partial charge on any atom is 0.105 e. The first-order valence-electron chi connectivity index (χ1n) is 8.79. The number of pyridine rings is 2. The van der Waals surface area contributed by atoms with Crippen LogP contribution in [-0.4, -0.2) is 9.97 Å². The molecule has 0 radical (unpaired) electrons. The molecular weight excluding hydrogens is 356 g/mol. The zero-order valence-electron chi connectivity index (χ0n) is 15.2. The Balaban J connectivity index is 1.79. The Labute approximate surface area is 162 Å². The molecule has 0 aliphatic rings. The minimum Gasteiger partial charge on any atom is -0.469 e. The lowest BCUT2D eigenvalue weighted by Gasteiger charge is -2.23. The smallest absolute Gasteiger partial charge is 0.105 e. The molecule has 5 heteroatoms. The fourth-order valence-electron chi connectivity index (χ4n) is 3.14. The third kappa shape index (κ3) is 3.69. The number of thioether (sulfide) groups is 1. The largest absolute Gasteiger partial charge is 0.469 e. The number of aryl methyl sites for hydroxylation is 2. The van der Waals surface area contributed by atoms with Gasteiger partial charge in [-0.1, -0.05) is 12.1 Å². The molecule has 0 saturated carbocycles. The Morgan fingerprint density at radius 1 is 0.704 bits per heavy atom. The third-order valence-corrected chi connectivity index (χ3v) is 6.08. The number of hydrogen-bond donors (Lipinski definition) is 0. The first kappa shape index (κ1) is 17.6. The van der Waals surface area contributed by atoms with E-state index in [2.05, 4.69) is 22.1 Å². The van der Waals surface area contributed by atoms with Crippen molar-refractivity contribution in [1.29, 1.82) is 0 Å². The summed E-state index contributed by atoms with van der Waals surface area (Å²) in [5, 5.41) is 0.0394. The maximum atomic E-state index is 5.59. The van der Waals surface area contributed by atoms with Crippen molar-refractivity contribution >= 4 is 11.8 Å². The summed E-state index contributed by atoms with van der Waals surface area (Å²) < 4.78 is 11.2. The van der Waals surface area contributed by atoms with Crippen LogP contribution in [0.4, 0.5) is 0 Å². The molecule has 0 aromatic carbocycles. The van der Waals surface area contributed by atoms with Gasteiger partial charge in [0, 0.05) is 23.5 Å². The van der Waals surface area contributed by atoms with Gasteiger partial charge in [-0.25, -0.2) is 0 Å². The SMILES string of the molecule is Cc1occc1C(SC(c1ccccn1)c1ccoc1C)c1ccccn1. The van der Waals surface area contributed by atoms with Gasteiger partial charge in [0.15, 0.2) is 0 Å². The van der Waals surface area contributed by atoms with Crippen molar-refractivity contribution < 1.29 is 8.83 Å². The summed E-state index contributed by atoms with van der Waals surface area (Å²) in [4.78, 5) is 9.24.